The lowest BCUT2D eigenvalue weighted by molar-refractivity contribution is 0.568. The molecule has 0 saturated heterocycles. The highest BCUT2D eigenvalue weighted by Gasteiger charge is 2.28. The lowest BCUT2D eigenvalue weighted by Gasteiger charge is -2.27. The first-order valence-electron chi connectivity index (χ1n) is 5.94. The van der Waals surface area contributed by atoms with Crippen LogP contribution in [-0.4, -0.2) is 0 Å². The van der Waals surface area contributed by atoms with Crippen LogP contribution in [0.3, 0.4) is 0 Å². The van der Waals surface area contributed by atoms with Crippen LogP contribution in [0.4, 0.5) is 8.78 Å². The molecule has 0 bridgehead atoms. The number of aryl methyl sites for hydroxylation is 1. The molecule has 0 spiro atoms. The highest BCUT2D eigenvalue weighted by molar-refractivity contribution is 6.35. The second-order valence-electron chi connectivity index (χ2n) is 4.91. The van der Waals surface area contributed by atoms with Crippen LogP contribution in [0.15, 0.2) is 30.3 Å². The Hall–Kier alpha value is -1.16. The molecule has 2 aromatic rings. The Morgan fingerprint density at radius 2 is 1.65 bits per heavy atom. The Bertz CT molecular complexity index is 669. The van der Waals surface area contributed by atoms with Crippen molar-refractivity contribution in [1.82, 2.24) is 0 Å². The molecule has 2 N–H and O–H groups in total. The van der Waals surface area contributed by atoms with Crippen molar-refractivity contribution in [2.75, 3.05) is 0 Å². The monoisotopic (exact) mass is 315 g/mol. The van der Waals surface area contributed by atoms with Gasteiger partial charge in [-0.1, -0.05) is 35.3 Å². The topological polar surface area (TPSA) is 26.0 Å². The molecule has 2 rings (SSSR count). The zero-order valence-electron chi connectivity index (χ0n) is 11.0. The maximum atomic E-state index is 13.7. The largest absolute Gasteiger partial charge is 0.318 e. The summed E-state index contributed by atoms with van der Waals surface area (Å²) in [7, 11) is 0. The molecule has 1 nitrogen and oxygen atoms in total. The van der Waals surface area contributed by atoms with E-state index in [-0.39, 0.29) is 15.9 Å². The fraction of sp³-hybridized carbons (Fsp3) is 0.200. The number of rotatable bonds is 2. The predicted octanol–water partition coefficient (Wildman–Crippen LogP) is 4.80. The Labute approximate surface area is 126 Å². The summed E-state index contributed by atoms with van der Waals surface area (Å²) in [6.07, 6.45) is 0. The van der Waals surface area contributed by atoms with Gasteiger partial charge in [0.1, 0.15) is 11.6 Å². The average molecular weight is 316 g/mol. The highest BCUT2D eigenvalue weighted by Crippen LogP contribution is 2.35. The molecule has 0 aliphatic carbocycles. The third-order valence-electron chi connectivity index (χ3n) is 3.34. The van der Waals surface area contributed by atoms with Crippen LogP contribution in [0.1, 0.15) is 23.6 Å². The van der Waals surface area contributed by atoms with Crippen molar-refractivity contribution < 1.29 is 8.78 Å². The van der Waals surface area contributed by atoms with E-state index in [1.165, 1.54) is 18.2 Å². The number of halogens is 4. The Kier molecular flexibility index (Phi) is 4.05. The molecule has 0 fully saturated rings. The summed E-state index contributed by atoms with van der Waals surface area (Å²) in [6.45, 7) is 3.30. The predicted molar refractivity (Wildman–Crippen MR) is 78.2 cm³/mol. The van der Waals surface area contributed by atoms with Crippen LogP contribution >= 0.6 is 23.2 Å². The van der Waals surface area contributed by atoms with Crippen molar-refractivity contribution in [3.63, 3.8) is 0 Å². The maximum Gasteiger partial charge on any atom is 0.142 e. The van der Waals surface area contributed by atoms with Gasteiger partial charge in [-0.2, -0.15) is 0 Å². The molecule has 1 atom stereocenters. The molecule has 0 aliphatic heterocycles. The summed E-state index contributed by atoms with van der Waals surface area (Å²) in [6, 6.07) is 7.13. The molecule has 0 heterocycles. The first kappa shape index (κ1) is 15.2. The molecule has 2 aromatic carbocycles. The normalized spacial score (nSPS) is 14.2. The van der Waals surface area contributed by atoms with Crippen molar-refractivity contribution in [1.29, 1.82) is 0 Å². The Balaban J connectivity index is 2.59. The van der Waals surface area contributed by atoms with E-state index in [1.807, 2.05) is 0 Å². The molecule has 106 valence electrons. The van der Waals surface area contributed by atoms with Gasteiger partial charge >= 0.3 is 0 Å². The summed E-state index contributed by atoms with van der Waals surface area (Å²) < 4.78 is 27.3. The van der Waals surface area contributed by atoms with E-state index in [4.69, 9.17) is 28.9 Å². The molecule has 0 saturated carbocycles. The van der Waals surface area contributed by atoms with E-state index in [1.54, 1.807) is 26.0 Å². The van der Waals surface area contributed by atoms with Crippen LogP contribution in [0.5, 0.6) is 0 Å². The zero-order valence-corrected chi connectivity index (χ0v) is 12.5. The SMILES string of the molecule is Cc1ccc(C(C)(N)c2cc(F)c(Cl)cc2Cl)cc1F. The first-order chi connectivity index (χ1) is 9.23. The fourth-order valence-electron chi connectivity index (χ4n) is 1.99. The first-order valence-corrected chi connectivity index (χ1v) is 6.69. The van der Waals surface area contributed by atoms with Gasteiger partial charge in [0, 0.05) is 5.02 Å². The van der Waals surface area contributed by atoms with Crippen molar-refractivity contribution in [2.45, 2.75) is 19.4 Å². The van der Waals surface area contributed by atoms with Gasteiger partial charge in [0.05, 0.1) is 10.6 Å². The third-order valence-corrected chi connectivity index (χ3v) is 3.94. The lowest BCUT2D eigenvalue weighted by Crippen LogP contribution is -2.35. The van der Waals surface area contributed by atoms with Crippen LogP contribution in [0.2, 0.25) is 10.0 Å². The maximum absolute atomic E-state index is 13.7. The van der Waals surface area contributed by atoms with Crippen molar-refractivity contribution in [3.8, 4) is 0 Å². The fourth-order valence-corrected chi connectivity index (χ4v) is 2.57. The molecule has 0 aromatic heterocycles. The van der Waals surface area contributed by atoms with Gasteiger partial charge in [0.25, 0.3) is 0 Å². The minimum absolute atomic E-state index is 0.0790. The van der Waals surface area contributed by atoms with Gasteiger partial charge in [0.15, 0.2) is 0 Å². The Morgan fingerprint density at radius 1 is 1.00 bits per heavy atom. The van der Waals surface area contributed by atoms with Gasteiger partial charge in [-0.25, -0.2) is 8.78 Å². The van der Waals surface area contributed by atoms with E-state index in [0.717, 1.165) is 0 Å². The quantitative estimate of drug-likeness (QED) is 0.791. The third kappa shape index (κ3) is 2.66. The van der Waals surface area contributed by atoms with Crippen molar-refractivity contribution in [3.05, 3.63) is 68.7 Å². The summed E-state index contributed by atoms with van der Waals surface area (Å²) in [5.74, 6) is -0.986. The van der Waals surface area contributed by atoms with Crippen LogP contribution in [0.25, 0.3) is 0 Å². The Morgan fingerprint density at radius 3 is 2.25 bits per heavy atom. The van der Waals surface area contributed by atoms with Crippen LogP contribution in [0, 0.1) is 18.6 Å². The van der Waals surface area contributed by atoms with E-state index >= 15 is 0 Å². The number of benzene rings is 2. The van der Waals surface area contributed by atoms with Crippen molar-refractivity contribution in [2.24, 2.45) is 5.73 Å². The number of nitrogens with two attached hydrogens (primary N) is 1. The molecule has 0 aliphatic rings. The standard InChI is InChI=1S/C15H13Cl2F2N/c1-8-3-4-9(5-13(8)18)15(2,20)10-6-14(19)12(17)7-11(10)16/h3-7H,20H2,1-2H3. The number of hydrogen-bond acceptors (Lipinski definition) is 1. The highest BCUT2D eigenvalue weighted by atomic mass is 35.5. The van der Waals surface area contributed by atoms with Crippen LogP contribution in [-0.2, 0) is 5.54 Å². The van der Waals surface area contributed by atoms with E-state index in [0.29, 0.717) is 16.7 Å². The summed E-state index contributed by atoms with van der Waals surface area (Å²) >= 11 is 11.7. The van der Waals surface area contributed by atoms with Crippen LogP contribution < -0.4 is 5.73 Å². The summed E-state index contributed by atoms with van der Waals surface area (Å²) in [5.41, 5.74) is 6.48. The molecule has 0 radical (unpaired) electrons. The zero-order chi connectivity index (χ0) is 15.1. The molecule has 1 unspecified atom stereocenters. The van der Waals surface area contributed by atoms with Crippen molar-refractivity contribution >= 4 is 23.2 Å². The average Bonchev–Trinajstić information content (AvgIpc) is 2.36. The number of hydrogen-bond donors (Lipinski definition) is 1. The molecule has 5 heteroatoms. The molecular formula is C15H13Cl2F2N. The second-order valence-corrected chi connectivity index (χ2v) is 5.73. The van der Waals surface area contributed by atoms with Gasteiger partial charge in [-0.05, 0) is 48.7 Å². The smallest absolute Gasteiger partial charge is 0.142 e. The van der Waals surface area contributed by atoms with Gasteiger partial charge in [-0.3, -0.25) is 0 Å². The lowest BCUT2D eigenvalue weighted by atomic mass is 9.85. The van der Waals surface area contributed by atoms with E-state index in [9.17, 15) is 8.78 Å². The minimum atomic E-state index is -1.13. The summed E-state index contributed by atoms with van der Waals surface area (Å²) in [4.78, 5) is 0. The van der Waals surface area contributed by atoms with Gasteiger partial charge in [-0.15, -0.1) is 0 Å². The molecule has 20 heavy (non-hydrogen) atoms. The molecular weight excluding hydrogens is 303 g/mol. The minimum Gasteiger partial charge on any atom is -0.318 e. The van der Waals surface area contributed by atoms with Gasteiger partial charge in [0.2, 0.25) is 0 Å². The van der Waals surface area contributed by atoms with Gasteiger partial charge < -0.3 is 5.73 Å². The summed E-state index contributed by atoms with van der Waals surface area (Å²) in [5, 5.41) is 0.159. The van der Waals surface area contributed by atoms with E-state index in [2.05, 4.69) is 0 Å². The molecule has 0 amide bonds. The second kappa shape index (κ2) is 5.32. The van der Waals surface area contributed by atoms with E-state index < -0.39 is 11.4 Å².